The van der Waals surface area contributed by atoms with Crippen LogP contribution < -0.4 is 0 Å². The van der Waals surface area contributed by atoms with E-state index in [1.54, 1.807) is 17.7 Å². The number of carboxylic acid groups (broad SMARTS) is 1. The SMILES string of the molecule is CC.CC.Cc1nc(C(C)C)c2c(C#N)cn(CCC(=O)O)c2n1. The molecular weight excluding hydrogens is 304 g/mol. The van der Waals surface area contributed by atoms with Crippen molar-refractivity contribution in [3.05, 3.63) is 23.3 Å². The molecule has 2 rings (SSSR count). The zero-order valence-corrected chi connectivity index (χ0v) is 15.7. The maximum atomic E-state index is 10.7. The maximum absolute atomic E-state index is 10.7. The molecule has 0 aromatic carbocycles. The molecule has 2 heterocycles. The molecule has 1 N–H and O–H groups in total. The number of carboxylic acids is 1. The van der Waals surface area contributed by atoms with Gasteiger partial charge in [-0.15, -0.1) is 0 Å². The fraction of sp³-hybridized carbons (Fsp3) is 0.556. The molecule has 0 aliphatic rings. The number of rotatable bonds is 4. The van der Waals surface area contributed by atoms with Gasteiger partial charge in [0, 0.05) is 12.7 Å². The number of fused-ring (bicyclic) bond motifs is 1. The highest BCUT2D eigenvalue weighted by atomic mass is 16.4. The number of aromatic nitrogens is 3. The fourth-order valence-corrected chi connectivity index (χ4v) is 2.22. The standard InChI is InChI=1S/C14H16N4O2.2C2H6/c1-8(2)13-12-10(6-15)7-18(5-4-11(19)20)14(12)17-9(3)16-13;2*1-2/h7-8H,4-5H2,1-3H3,(H,19,20);2*1-2H3. The van der Waals surface area contributed by atoms with Crippen LogP contribution in [0.5, 0.6) is 0 Å². The van der Waals surface area contributed by atoms with Crippen LogP contribution in [0.1, 0.15) is 71.0 Å². The van der Waals surface area contributed by atoms with Crippen molar-refractivity contribution < 1.29 is 9.90 Å². The molecule has 0 aliphatic heterocycles. The maximum Gasteiger partial charge on any atom is 0.305 e. The predicted molar refractivity (Wildman–Crippen MR) is 96.0 cm³/mol. The van der Waals surface area contributed by atoms with Gasteiger partial charge >= 0.3 is 5.97 Å². The van der Waals surface area contributed by atoms with Gasteiger partial charge in [0.05, 0.1) is 23.1 Å². The highest BCUT2D eigenvalue weighted by Crippen LogP contribution is 2.27. The second-order valence-corrected chi connectivity index (χ2v) is 5.00. The number of hydrogen-bond acceptors (Lipinski definition) is 4. The van der Waals surface area contributed by atoms with Gasteiger partial charge in [0.1, 0.15) is 17.5 Å². The van der Waals surface area contributed by atoms with E-state index in [0.29, 0.717) is 23.6 Å². The van der Waals surface area contributed by atoms with Crippen molar-refractivity contribution in [2.75, 3.05) is 0 Å². The van der Waals surface area contributed by atoms with E-state index >= 15 is 0 Å². The molecule has 0 amide bonds. The molecule has 0 saturated heterocycles. The molecule has 6 nitrogen and oxygen atoms in total. The second-order valence-electron chi connectivity index (χ2n) is 5.00. The van der Waals surface area contributed by atoms with Crippen LogP contribution in [0.15, 0.2) is 6.20 Å². The van der Waals surface area contributed by atoms with E-state index in [9.17, 15) is 10.1 Å². The number of aryl methyl sites for hydroxylation is 2. The molecule has 0 fully saturated rings. The van der Waals surface area contributed by atoms with Gasteiger partial charge in [0.2, 0.25) is 0 Å². The lowest BCUT2D eigenvalue weighted by Gasteiger charge is -2.09. The lowest BCUT2D eigenvalue weighted by atomic mass is 10.0. The molecule has 0 bridgehead atoms. The van der Waals surface area contributed by atoms with Gasteiger partial charge in [-0.25, -0.2) is 9.97 Å². The first-order chi connectivity index (χ1) is 11.4. The first kappa shape index (κ1) is 21.6. The van der Waals surface area contributed by atoms with Gasteiger partial charge in [0.25, 0.3) is 0 Å². The Morgan fingerprint density at radius 1 is 1.29 bits per heavy atom. The van der Waals surface area contributed by atoms with Gasteiger partial charge < -0.3 is 9.67 Å². The third-order valence-corrected chi connectivity index (χ3v) is 3.09. The minimum atomic E-state index is -0.875. The van der Waals surface area contributed by atoms with Crippen LogP contribution in [0.4, 0.5) is 0 Å². The smallest absolute Gasteiger partial charge is 0.305 e. The average molecular weight is 332 g/mol. The molecule has 0 radical (unpaired) electrons. The van der Waals surface area contributed by atoms with Crippen LogP contribution in [0, 0.1) is 18.3 Å². The summed E-state index contributed by atoms with van der Waals surface area (Å²) in [4.78, 5) is 19.5. The normalized spacial score (nSPS) is 9.62. The largest absolute Gasteiger partial charge is 0.481 e. The Labute approximate surface area is 144 Å². The van der Waals surface area contributed by atoms with E-state index < -0.39 is 5.97 Å². The molecule has 0 atom stereocenters. The van der Waals surface area contributed by atoms with E-state index in [4.69, 9.17) is 5.11 Å². The summed E-state index contributed by atoms with van der Waals surface area (Å²) in [7, 11) is 0. The first-order valence-electron chi connectivity index (χ1n) is 8.43. The minimum Gasteiger partial charge on any atom is -0.481 e. The summed E-state index contributed by atoms with van der Waals surface area (Å²) in [6.45, 7) is 14.1. The molecule has 2 aromatic rings. The highest BCUT2D eigenvalue weighted by Gasteiger charge is 2.18. The van der Waals surface area contributed by atoms with Crippen molar-refractivity contribution >= 4 is 17.0 Å². The van der Waals surface area contributed by atoms with Crippen molar-refractivity contribution in [1.82, 2.24) is 14.5 Å². The Morgan fingerprint density at radius 2 is 1.88 bits per heavy atom. The Hall–Kier alpha value is -2.42. The lowest BCUT2D eigenvalue weighted by Crippen LogP contribution is -2.06. The third kappa shape index (κ3) is 5.05. The van der Waals surface area contributed by atoms with E-state index in [-0.39, 0.29) is 12.3 Å². The Morgan fingerprint density at radius 3 is 2.33 bits per heavy atom. The molecule has 6 heteroatoms. The Kier molecular flexibility index (Phi) is 9.33. The average Bonchev–Trinajstić information content (AvgIpc) is 2.93. The number of hydrogen-bond donors (Lipinski definition) is 1. The molecule has 0 aliphatic carbocycles. The summed E-state index contributed by atoms with van der Waals surface area (Å²) in [5.74, 6) is -0.0813. The summed E-state index contributed by atoms with van der Waals surface area (Å²) in [5, 5.41) is 18.8. The van der Waals surface area contributed by atoms with Crippen LogP contribution in [-0.4, -0.2) is 25.6 Å². The topological polar surface area (TPSA) is 91.8 Å². The van der Waals surface area contributed by atoms with Crippen LogP contribution in [-0.2, 0) is 11.3 Å². The summed E-state index contributed by atoms with van der Waals surface area (Å²) in [6.07, 6.45) is 1.66. The lowest BCUT2D eigenvalue weighted by molar-refractivity contribution is -0.137. The van der Waals surface area contributed by atoms with Crippen molar-refractivity contribution in [2.24, 2.45) is 0 Å². The molecule has 0 spiro atoms. The first-order valence-corrected chi connectivity index (χ1v) is 8.43. The summed E-state index contributed by atoms with van der Waals surface area (Å²) < 4.78 is 1.72. The van der Waals surface area contributed by atoms with Gasteiger partial charge in [-0.2, -0.15) is 5.26 Å². The molecule has 0 saturated carbocycles. The van der Waals surface area contributed by atoms with Crippen LogP contribution in [0.2, 0.25) is 0 Å². The van der Waals surface area contributed by atoms with Crippen LogP contribution >= 0.6 is 0 Å². The molecule has 132 valence electrons. The minimum absolute atomic E-state index is 0.00525. The van der Waals surface area contributed by atoms with Gasteiger partial charge in [-0.3, -0.25) is 4.79 Å². The van der Waals surface area contributed by atoms with Crippen molar-refractivity contribution in [2.45, 2.75) is 67.3 Å². The van der Waals surface area contributed by atoms with E-state index in [0.717, 1.165) is 11.1 Å². The van der Waals surface area contributed by atoms with E-state index in [2.05, 4.69) is 16.0 Å². The van der Waals surface area contributed by atoms with Crippen molar-refractivity contribution in [3.8, 4) is 6.07 Å². The molecule has 24 heavy (non-hydrogen) atoms. The zero-order valence-electron chi connectivity index (χ0n) is 15.7. The number of nitrogens with zero attached hydrogens (tertiary/aromatic N) is 4. The number of carbonyl (C=O) groups is 1. The van der Waals surface area contributed by atoms with Crippen molar-refractivity contribution in [3.63, 3.8) is 0 Å². The van der Waals surface area contributed by atoms with E-state index in [1.807, 2.05) is 41.5 Å². The fourth-order valence-electron chi connectivity index (χ4n) is 2.22. The molecule has 2 aromatic heterocycles. The van der Waals surface area contributed by atoms with Gasteiger partial charge in [-0.05, 0) is 12.8 Å². The molecular formula is C18H28N4O2. The third-order valence-electron chi connectivity index (χ3n) is 3.09. The van der Waals surface area contributed by atoms with Gasteiger partial charge in [0.15, 0.2) is 0 Å². The molecule has 0 unspecified atom stereocenters. The quantitative estimate of drug-likeness (QED) is 0.903. The number of nitriles is 1. The van der Waals surface area contributed by atoms with Crippen LogP contribution in [0.3, 0.4) is 0 Å². The Balaban J connectivity index is 0.00000123. The van der Waals surface area contributed by atoms with Crippen molar-refractivity contribution in [1.29, 1.82) is 5.26 Å². The summed E-state index contributed by atoms with van der Waals surface area (Å²) in [6, 6.07) is 2.14. The second kappa shape index (κ2) is 10.4. The number of aliphatic carboxylic acids is 1. The van der Waals surface area contributed by atoms with E-state index in [1.165, 1.54) is 0 Å². The summed E-state index contributed by atoms with van der Waals surface area (Å²) >= 11 is 0. The zero-order chi connectivity index (χ0) is 18.9. The summed E-state index contributed by atoms with van der Waals surface area (Å²) in [5.41, 5.74) is 1.96. The van der Waals surface area contributed by atoms with Gasteiger partial charge in [-0.1, -0.05) is 41.5 Å². The predicted octanol–water partition coefficient (Wildman–Crippen LogP) is 4.26. The monoisotopic (exact) mass is 332 g/mol. The van der Waals surface area contributed by atoms with Crippen LogP contribution in [0.25, 0.3) is 11.0 Å². The Bertz CT molecular complexity index is 712. The highest BCUT2D eigenvalue weighted by molar-refractivity contribution is 5.86.